The minimum atomic E-state index is -0.116. The predicted octanol–water partition coefficient (Wildman–Crippen LogP) is 12.9. The number of aromatic nitrogens is 1. The van der Waals surface area contributed by atoms with Gasteiger partial charge in [0.15, 0.2) is 0 Å². The lowest BCUT2D eigenvalue weighted by molar-refractivity contribution is 0.590. The zero-order chi connectivity index (χ0) is 39.0. The Morgan fingerprint density at radius 3 is 2.05 bits per heavy atom. The molecule has 0 amide bonds. The van der Waals surface area contributed by atoms with Gasteiger partial charge < -0.3 is 18.8 Å². The highest BCUT2D eigenvalue weighted by molar-refractivity contribution is 7.25. The Kier molecular flexibility index (Phi) is 6.12. The van der Waals surface area contributed by atoms with Crippen molar-refractivity contribution in [2.24, 2.45) is 0 Å². The Labute approximate surface area is 341 Å². The first-order valence-electron chi connectivity index (χ1n) is 20.5. The van der Waals surface area contributed by atoms with Crippen LogP contribution < -0.4 is 26.4 Å². The maximum Gasteiger partial charge on any atom is 0.297 e. The van der Waals surface area contributed by atoms with E-state index in [2.05, 4.69) is 189 Å². The zero-order valence-electron chi connectivity index (χ0n) is 33.4. The minimum absolute atomic E-state index is 0.0288. The van der Waals surface area contributed by atoms with Crippen LogP contribution in [-0.2, 0) is 10.8 Å². The second kappa shape index (κ2) is 10.8. The van der Waals surface area contributed by atoms with Gasteiger partial charge in [-0.05, 0) is 99.6 Å². The first-order chi connectivity index (χ1) is 28.0. The SMILES string of the molecule is CC(C)(C)c1cc2c3c(c1)N1c4c(cccc4-n4c5ccccc5c5cccc1c54)B3c1oc3ccc(C(C)(C)C)cc3c1N2c1ccc2sc3ccccc3c2c1. The maximum atomic E-state index is 7.30. The molecule has 0 aliphatic carbocycles. The first-order valence-corrected chi connectivity index (χ1v) is 21.3. The van der Waals surface area contributed by atoms with Gasteiger partial charge in [0, 0.05) is 53.4 Å². The molecule has 0 saturated carbocycles. The monoisotopic (exact) mass is 765 g/mol. The van der Waals surface area contributed by atoms with Gasteiger partial charge in [0.05, 0.1) is 39.4 Å². The van der Waals surface area contributed by atoms with Gasteiger partial charge in [0.1, 0.15) is 5.58 Å². The number of thiophene rings is 1. The van der Waals surface area contributed by atoms with Gasteiger partial charge in [-0.2, -0.15) is 0 Å². The van der Waals surface area contributed by atoms with E-state index < -0.39 is 0 Å². The number of hydrogen-bond acceptors (Lipinski definition) is 4. The minimum Gasteiger partial charge on any atom is -0.468 e. The molecule has 58 heavy (non-hydrogen) atoms. The van der Waals surface area contributed by atoms with E-state index in [0.29, 0.717) is 0 Å². The molecule has 0 N–H and O–H groups in total. The van der Waals surface area contributed by atoms with Gasteiger partial charge >= 0.3 is 0 Å². The summed E-state index contributed by atoms with van der Waals surface area (Å²) < 4.78 is 12.4. The van der Waals surface area contributed by atoms with Crippen molar-refractivity contribution in [3.8, 4) is 5.69 Å². The van der Waals surface area contributed by atoms with Crippen LogP contribution in [-0.4, -0.2) is 11.3 Å². The second-order valence-electron chi connectivity index (χ2n) is 18.6. The third-order valence-corrected chi connectivity index (χ3v) is 14.3. The molecule has 3 aliphatic heterocycles. The van der Waals surface area contributed by atoms with Crippen molar-refractivity contribution in [2.45, 2.75) is 52.4 Å². The molecule has 3 aromatic heterocycles. The van der Waals surface area contributed by atoms with Gasteiger partial charge in [-0.3, -0.25) is 0 Å². The molecule has 0 atom stereocenters. The molecule has 0 fully saturated rings. The lowest BCUT2D eigenvalue weighted by Gasteiger charge is -2.45. The normalized spacial score (nSPS) is 14.3. The van der Waals surface area contributed by atoms with Crippen LogP contribution in [0.4, 0.5) is 34.1 Å². The average molecular weight is 766 g/mol. The van der Waals surface area contributed by atoms with Gasteiger partial charge in [-0.25, -0.2) is 0 Å². The van der Waals surface area contributed by atoms with Crippen LogP contribution in [0.25, 0.3) is 58.6 Å². The molecule has 10 aromatic rings. The van der Waals surface area contributed by atoms with Gasteiger partial charge in [-0.15, -0.1) is 11.3 Å². The van der Waals surface area contributed by atoms with E-state index in [1.807, 2.05) is 11.3 Å². The van der Waals surface area contributed by atoms with Crippen LogP contribution >= 0.6 is 11.3 Å². The Balaban J connectivity index is 1.20. The van der Waals surface area contributed by atoms with E-state index in [0.717, 1.165) is 28.0 Å². The van der Waals surface area contributed by atoms with E-state index in [9.17, 15) is 0 Å². The molecule has 278 valence electrons. The largest absolute Gasteiger partial charge is 0.468 e. The number of para-hydroxylation sites is 3. The van der Waals surface area contributed by atoms with E-state index in [1.165, 1.54) is 92.5 Å². The smallest absolute Gasteiger partial charge is 0.297 e. The van der Waals surface area contributed by atoms with Gasteiger partial charge in [0.2, 0.25) is 0 Å². The highest BCUT2D eigenvalue weighted by Crippen LogP contribution is 2.54. The van der Waals surface area contributed by atoms with Crippen LogP contribution in [0.2, 0.25) is 0 Å². The van der Waals surface area contributed by atoms with Crippen LogP contribution in [0.1, 0.15) is 52.7 Å². The predicted molar refractivity (Wildman–Crippen MR) is 248 cm³/mol. The molecule has 7 aromatic carbocycles. The molecule has 6 heterocycles. The van der Waals surface area contributed by atoms with Gasteiger partial charge in [0.25, 0.3) is 6.71 Å². The number of rotatable bonds is 1. The van der Waals surface area contributed by atoms with Crippen LogP contribution in [0, 0.1) is 0 Å². The number of nitrogens with zero attached hydrogens (tertiary/aromatic N) is 3. The number of anilines is 6. The molecular weight excluding hydrogens is 725 g/mol. The Bertz CT molecular complexity index is 3460. The fourth-order valence-corrected chi connectivity index (χ4v) is 11.5. The first kappa shape index (κ1) is 32.8. The van der Waals surface area contributed by atoms with Crippen LogP contribution in [0.5, 0.6) is 0 Å². The summed E-state index contributed by atoms with van der Waals surface area (Å²) >= 11 is 1.87. The maximum absolute atomic E-state index is 7.30. The molecule has 4 nitrogen and oxygen atoms in total. The highest BCUT2D eigenvalue weighted by Gasteiger charge is 2.49. The summed E-state index contributed by atoms with van der Waals surface area (Å²) in [6, 6.07) is 50.4. The molecular formula is C52H40BN3OS. The third kappa shape index (κ3) is 4.11. The fourth-order valence-electron chi connectivity index (χ4n) is 10.4. The number of fused-ring (bicyclic) bond motifs is 14. The number of hydrogen-bond donors (Lipinski definition) is 0. The molecule has 0 spiro atoms. The number of benzene rings is 7. The van der Waals surface area contributed by atoms with E-state index >= 15 is 0 Å². The standard InChI is InChI=1S/C52H40BN3OS/c1-51(2,3)29-21-23-43-36(25-29)48-50(57-43)53-37-16-12-19-40-49(37)56(39-18-11-15-34-32-13-7-9-17-38(32)55(40)47(34)39)42-27-30(52(4,5)6)26-41(46(42)53)54(48)31-22-24-45-35(28-31)33-14-8-10-20-44(33)58-45/h7-28H,1-6H3. The van der Waals surface area contributed by atoms with Crippen molar-refractivity contribution in [2.75, 3.05) is 9.80 Å². The average Bonchev–Trinajstić information content (AvgIpc) is 3.89. The highest BCUT2D eigenvalue weighted by atomic mass is 32.1. The second-order valence-corrected chi connectivity index (χ2v) is 19.7. The van der Waals surface area contributed by atoms with Crippen molar-refractivity contribution in [1.82, 2.24) is 4.57 Å². The topological polar surface area (TPSA) is 24.6 Å². The summed E-state index contributed by atoms with van der Waals surface area (Å²) in [5.41, 5.74) is 17.8. The Hall–Kier alpha value is -6.24. The Morgan fingerprint density at radius 2 is 1.22 bits per heavy atom. The van der Waals surface area contributed by atoms with E-state index in [-0.39, 0.29) is 17.5 Å². The summed E-state index contributed by atoms with van der Waals surface area (Å²) in [7, 11) is 0. The van der Waals surface area contributed by atoms with Crippen molar-refractivity contribution in [3.63, 3.8) is 0 Å². The van der Waals surface area contributed by atoms with Gasteiger partial charge in [-0.1, -0.05) is 108 Å². The lowest BCUT2D eigenvalue weighted by Crippen LogP contribution is -2.61. The summed E-state index contributed by atoms with van der Waals surface area (Å²) in [6.07, 6.45) is 0. The van der Waals surface area contributed by atoms with Crippen molar-refractivity contribution in [3.05, 3.63) is 145 Å². The quantitative estimate of drug-likeness (QED) is 0.156. The molecule has 0 bridgehead atoms. The van der Waals surface area contributed by atoms with Crippen molar-refractivity contribution >= 4 is 122 Å². The molecule has 3 aliphatic rings. The van der Waals surface area contributed by atoms with E-state index in [4.69, 9.17) is 4.42 Å². The number of furan rings is 1. The summed E-state index contributed by atoms with van der Waals surface area (Å²) in [5.74, 6) is 0. The van der Waals surface area contributed by atoms with Crippen molar-refractivity contribution < 1.29 is 4.42 Å². The van der Waals surface area contributed by atoms with E-state index in [1.54, 1.807) is 0 Å². The lowest BCUT2D eigenvalue weighted by atomic mass is 9.35. The zero-order valence-corrected chi connectivity index (χ0v) is 34.3. The molecule has 0 saturated heterocycles. The molecule has 6 heteroatoms. The third-order valence-electron chi connectivity index (χ3n) is 13.2. The molecule has 0 radical (unpaired) electrons. The van der Waals surface area contributed by atoms with Crippen LogP contribution in [0.3, 0.4) is 0 Å². The Morgan fingerprint density at radius 1 is 0.517 bits per heavy atom. The van der Waals surface area contributed by atoms with Crippen LogP contribution in [0.15, 0.2) is 138 Å². The molecule has 0 unspecified atom stereocenters. The van der Waals surface area contributed by atoms with Crippen molar-refractivity contribution in [1.29, 1.82) is 0 Å². The summed E-state index contributed by atoms with van der Waals surface area (Å²) in [4.78, 5) is 5.15. The molecule has 13 rings (SSSR count). The summed E-state index contributed by atoms with van der Waals surface area (Å²) in [5, 5.41) is 6.30. The fraction of sp³-hybridized carbons (Fsp3) is 0.154. The summed E-state index contributed by atoms with van der Waals surface area (Å²) in [6.45, 7) is 13.8.